The normalized spacial score (nSPS) is 16.1. The summed E-state index contributed by atoms with van der Waals surface area (Å²) in [6.45, 7) is 0. The number of benzene rings is 2. The predicted octanol–water partition coefficient (Wildman–Crippen LogP) is 4.15. The molecule has 0 unspecified atom stereocenters. The van der Waals surface area contributed by atoms with Crippen molar-refractivity contribution < 1.29 is 13.9 Å². The first-order valence-corrected chi connectivity index (χ1v) is 8.41. The molecule has 0 saturated heterocycles. The van der Waals surface area contributed by atoms with Crippen LogP contribution in [0.15, 0.2) is 48.8 Å². The van der Waals surface area contributed by atoms with E-state index >= 15 is 0 Å². The molecule has 5 nitrogen and oxygen atoms in total. The van der Waals surface area contributed by atoms with Crippen molar-refractivity contribution in [3.63, 3.8) is 0 Å². The number of methoxy groups -OCH3 is 1. The lowest BCUT2D eigenvalue weighted by molar-refractivity contribution is -0.116. The number of carbonyl (C=O) groups is 1. The maximum atomic E-state index is 13.5. The van der Waals surface area contributed by atoms with E-state index in [-0.39, 0.29) is 23.3 Å². The van der Waals surface area contributed by atoms with Crippen LogP contribution >= 0.6 is 11.6 Å². The van der Waals surface area contributed by atoms with Crippen LogP contribution in [0.5, 0.6) is 5.75 Å². The van der Waals surface area contributed by atoms with Gasteiger partial charge in [-0.25, -0.2) is 9.37 Å². The first kappa shape index (κ1) is 16.6. The van der Waals surface area contributed by atoms with E-state index in [1.54, 1.807) is 24.1 Å². The van der Waals surface area contributed by atoms with Crippen molar-refractivity contribution in [1.82, 2.24) is 9.55 Å². The van der Waals surface area contributed by atoms with Gasteiger partial charge in [-0.3, -0.25) is 9.36 Å². The van der Waals surface area contributed by atoms with Crippen molar-refractivity contribution in [2.24, 2.45) is 0 Å². The topological polar surface area (TPSA) is 56.1 Å². The highest BCUT2D eigenvalue weighted by atomic mass is 35.5. The van der Waals surface area contributed by atoms with E-state index in [1.807, 2.05) is 24.3 Å². The number of nitrogens with one attached hydrogen (secondary N) is 1. The quantitative estimate of drug-likeness (QED) is 0.752. The van der Waals surface area contributed by atoms with Crippen molar-refractivity contribution in [3.05, 3.63) is 70.9 Å². The van der Waals surface area contributed by atoms with Crippen LogP contribution in [0.25, 0.3) is 5.69 Å². The molecule has 3 aromatic rings. The molecule has 1 aromatic heterocycles. The minimum atomic E-state index is -0.500. The summed E-state index contributed by atoms with van der Waals surface area (Å²) >= 11 is 5.89. The van der Waals surface area contributed by atoms with E-state index in [9.17, 15) is 9.18 Å². The molecule has 0 spiro atoms. The molecule has 1 aliphatic heterocycles. The molecule has 1 atom stereocenters. The second kappa shape index (κ2) is 6.46. The molecule has 0 aliphatic carbocycles. The largest absolute Gasteiger partial charge is 0.496 e. The summed E-state index contributed by atoms with van der Waals surface area (Å²) in [5.74, 6) is 0.410. The number of ether oxygens (including phenoxy) is 1. The zero-order chi connectivity index (χ0) is 18.3. The van der Waals surface area contributed by atoms with Gasteiger partial charge in [0.2, 0.25) is 5.91 Å². The molecule has 2 heterocycles. The smallest absolute Gasteiger partial charge is 0.226 e. The highest BCUT2D eigenvalue weighted by molar-refractivity contribution is 6.30. The third-order valence-corrected chi connectivity index (χ3v) is 4.76. The van der Waals surface area contributed by atoms with Crippen LogP contribution in [-0.2, 0) is 4.79 Å². The summed E-state index contributed by atoms with van der Waals surface area (Å²) in [7, 11) is 1.60. The Bertz CT molecular complexity index is 1000. The number of fused-ring (bicyclic) bond motifs is 1. The van der Waals surface area contributed by atoms with Gasteiger partial charge in [-0.05, 0) is 24.3 Å². The van der Waals surface area contributed by atoms with E-state index in [1.165, 1.54) is 12.1 Å². The molecule has 7 heteroatoms. The minimum absolute atomic E-state index is 0.00774. The zero-order valence-electron chi connectivity index (χ0n) is 13.9. The molecule has 0 fully saturated rings. The fourth-order valence-corrected chi connectivity index (χ4v) is 3.42. The Labute approximate surface area is 154 Å². The Hall–Kier alpha value is -2.86. The summed E-state index contributed by atoms with van der Waals surface area (Å²) in [5.41, 5.74) is 2.24. The second-order valence-electron chi connectivity index (χ2n) is 5.99. The summed E-state index contributed by atoms with van der Waals surface area (Å²) in [4.78, 5) is 16.8. The third kappa shape index (κ3) is 2.72. The van der Waals surface area contributed by atoms with E-state index in [4.69, 9.17) is 16.3 Å². The standard InChI is InChI=1S/C19H15ClFN3O2/c1-26-16-5-3-2-4-12(16)13-9-17(25)23-19-18(13)22-10-24(19)11-6-7-15(21)14(20)8-11/h2-8,10,13H,9H2,1H3,(H,23,25)/t13-/m0/s1. The molecular weight excluding hydrogens is 357 g/mol. The number of hydrogen-bond donors (Lipinski definition) is 1. The van der Waals surface area contributed by atoms with Gasteiger partial charge in [-0.15, -0.1) is 0 Å². The van der Waals surface area contributed by atoms with E-state index in [2.05, 4.69) is 10.3 Å². The Morgan fingerprint density at radius 3 is 2.88 bits per heavy atom. The van der Waals surface area contributed by atoms with E-state index in [0.717, 1.165) is 11.3 Å². The monoisotopic (exact) mass is 371 g/mol. The highest BCUT2D eigenvalue weighted by Gasteiger charge is 2.32. The number of aromatic nitrogens is 2. The van der Waals surface area contributed by atoms with Gasteiger partial charge in [0.1, 0.15) is 23.7 Å². The minimum Gasteiger partial charge on any atom is -0.496 e. The highest BCUT2D eigenvalue weighted by Crippen LogP contribution is 2.40. The number of carbonyl (C=O) groups excluding carboxylic acids is 1. The van der Waals surface area contributed by atoms with Crippen LogP contribution < -0.4 is 10.1 Å². The average Bonchev–Trinajstić information content (AvgIpc) is 3.07. The van der Waals surface area contributed by atoms with E-state index in [0.29, 0.717) is 17.3 Å². The lowest BCUT2D eigenvalue weighted by Gasteiger charge is -2.24. The van der Waals surface area contributed by atoms with Gasteiger partial charge >= 0.3 is 0 Å². The van der Waals surface area contributed by atoms with Gasteiger partial charge in [-0.1, -0.05) is 29.8 Å². The van der Waals surface area contributed by atoms with Gasteiger partial charge in [0.05, 0.1) is 23.5 Å². The van der Waals surface area contributed by atoms with Gasteiger partial charge < -0.3 is 10.1 Å². The Balaban J connectivity index is 1.84. The summed E-state index contributed by atoms with van der Waals surface area (Å²) in [5, 5.41) is 2.87. The molecular formula is C19H15ClFN3O2. The molecule has 2 aromatic carbocycles. The fourth-order valence-electron chi connectivity index (χ4n) is 3.25. The van der Waals surface area contributed by atoms with Crippen molar-refractivity contribution in [3.8, 4) is 11.4 Å². The maximum Gasteiger partial charge on any atom is 0.226 e. The van der Waals surface area contributed by atoms with Gasteiger partial charge in [0, 0.05) is 17.9 Å². The molecule has 4 rings (SSSR count). The number of halogens is 2. The van der Waals surface area contributed by atoms with Crippen molar-refractivity contribution in [2.45, 2.75) is 12.3 Å². The fraction of sp³-hybridized carbons (Fsp3) is 0.158. The number of hydrogen-bond acceptors (Lipinski definition) is 3. The van der Waals surface area contributed by atoms with Crippen LogP contribution in [0.2, 0.25) is 5.02 Å². The first-order valence-electron chi connectivity index (χ1n) is 8.04. The first-order chi connectivity index (χ1) is 12.6. The number of anilines is 1. The number of imidazole rings is 1. The van der Waals surface area contributed by atoms with Crippen LogP contribution in [-0.4, -0.2) is 22.6 Å². The lowest BCUT2D eigenvalue weighted by atomic mass is 9.89. The van der Waals surface area contributed by atoms with Crippen molar-refractivity contribution in [1.29, 1.82) is 0 Å². The summed E-state index contributed by atoms with van der Waals surface area (Å²) in [6.07, 6.45) is 1.87. The van der Waals surface area contributed by atoms with Gasteiger partial charge in [-0.2, -0.15) is 0 Å². The zero-order valence-corrected chi connectivity index (χ0v) is 14.6. The van der Waals surface area contributed by atoms with Crippen molar-refractivity contribution >= 4 is 23.3 Å². The number of para-hydroxylation sites is 1. The molecule has 0 radical (unpaired) electrons. The second-order valence-corrected chi connectivity index (χ2v) is 6.40. The summed E-state index contributed by atoms with van der Waals surface area (Å²) < 4.78 is 20.6. The molecule has 0 saturated carbocycles. The molecule has 26 heavy (non-hydrogen) atoms. The van der Waals surface area contributed by atoms with Gasteiger partial charge in [0.15, 0.2) is 0 Å². The molecule has 132 valence electrons. The molecule has 1 amide bonds. The van der Waals surface area contributed by atoms with Crippen LogP contribution in [0.1, 0.15) is 23.6 Å². The number of rotatable bonds is 3. The molecule has 0 bridgehead atoms. The number of amides is 1. The van der Waals surface area contributed by atoms with Crippen LogP contribution in [0, 0.1) is 5.82 Å². The van der Waals surface area contributed by atoms with E-state index < -0.39 is 5.82 Å². The predicted molar refractivity (Wildman–Crippen MR) is 96.6 cm³/mol. The lowest BCUT2D eigenvalue weighted by Crippen LogP contribution is -2.25. The number of nitrogens with zero attached hydrogens (tertiary/aromatic N) is 2. The van der Waals surface area contributed by atoms with Crippen LogP contribution in [0.4, 0.5) is 10.2 Å². The third-order valence-electron chi connectivity index (χ3n) is 4.47. The Kier molecular flexibility index (Phi) is 4.12. The summed E-state index contributed by atoms with van der Waals surface area (Å²) in [6, 6.07) is 11.9. The average molecular weight is 372 g/mol. The van der Waals surface area contributed by atoms with Gasteiger partial charge in [0.25, 0.3) is 0 Å². The Morgan fingerprint density at radius 2 is 2.12 bits per heavy atom. The van der Waals surface area contributed by atoms with Crippen LogP contribution in [0.3, 0.4) is 0 Å². The maximum absolute atomic E-state index is 13.5. The molecule has 1 aliphatic rings. The SMILES string of the molecule is COc1ccccc1[C@@H]1CC(=O)Nc2c1ncn2-c1ccc(F)c(Cl)c1. The Morgan fingerprint density at radius 1 is 1.31 bits per heavy atom. The van der Waals surface area contributed by atoms with Crippen molar-refractivity contribution in [2.75, 3.05) is 12.4 Å². The molecule has 1 N–H and O–H groups in total.